The van der Waals surface area contributed by atoms with Gasteiger partial charge in [0, 0.05) is 6.04 Å². The van der Waals surface area contributed by atoms with Crippen LogP contribution in [0.5, 0.6) is 0 Å². The molecule has 0 bridgehead atoms. The summed E-state index contributed by atoms with van der Waals surface area (Å²) in [4.78, 5) is 24.6. The van der Waals surface area contributed by atoms with Gasteiger partial charge in [0.15, 0.2) is 0 Å². The highest BCUT2D eigenvalue weighted by Gasteiger charge is 2.50. The maximum absolute atomic E-state index is 12.4. The van der Waals surface area contributed by atoms with Crippen molar-refractivity contribution in [2.45, 2.75) is 56.7 Å². The molecule has 2 aliphatic rings. The summed E-state index contributed by atoms with van der Waals surface area (Å²) in [6, 6.07) is 20.1. The molecule has 1 heterocycles. The summed E-state index contributed by atoms with van der Waals surface area (Å²) in [6.45, 7) is 4.79. The molecule has 2 fully saturated rings. The molecule has 4 nitrogen and oxygen atoms in total. The number of rotatable bonds is 7. The standard InChI is InChI=1S/C24H31NO3Si/c1-24(2,16-15-21-23(26)28-17-22(25-21)18-13-14-18)29(27,19-9-5-3-6-10-19)20-11-7-4-8-12-20/h3-12,18,21-22,25,27H,13-17H2,1-2H3/t21-,22-/m0/s1. The molecule has 2 aromatic rings. The molecule has 2 aromatic carbocycles. The Bertz CT molecular complexity index is 796. The van der Waals surface area contributed by atoms with Crippen molar-refractivity contribution in [3.05, 3.63) is 60.7 Å². The zero-order valence-corrected chi connectivity index (χ0v) is 18.3. The van der Waals surface area contributed by atoms with Crippen LogP contribution in [-0.2, 0) is 9.53 Å². The average Bonchev–Trinajstić information content (AvgIpc) is 3.59. The van der Waals surface area contributed by atoms with Crippen molar-refractivity contribution in [3.63, 3.8) is 0 Å². The van der Waals surface area contributed by atoms with E-state index < -0.39 is 8.32 Å². The summed E-state index contributed by atoms with van der Waals surface area (Å²) in [6.07, 6.45) is 3.86. The van der Waals surface area contributed by atoms with Crippen molar-refractivity contribution in [1.29, 1.82) is 0 Å². The van der Waals surface area contributed by atoms with Gasteiger partial charge in [0.2, 0.25) is 0 Å². The molecule has 2 atom stereocenters. The predicted molar refractivity (Wildman–Crippen MR) is 118 cm³/mol. The largest absolute Gasteiger partial charge is 0.463 e. The summed E-state index contributed by atoms with van der Waals surface area (Å²) >= 11 is 0. The minimum atomic E-state index is -3.04. The van der Waals surface area contributed by atoms with Crippen LogP contribution in [0.15, 0.2) is 60.7 Å². The highest BCUT2D eigenvalue weighted by Crippen LogP contribution is 2.41. The van der Waals surface area contributed by atoms with E-state index in [0.717, 1.165) is 16.8 Å². The third-order valence-corrected chi connectivity index (χ3v) is 11.3. The summed E-state index contributed by atoms with van der Waals surface area (Å²) in [5, 5.41) is 5.18. The van der Waals surface area contributed by atoms with Crippen LogP contribution in [0.4, 0.5) is 0 Å². The van der Waals surface area contributed by atoms with E-state index in [9.17, 15) is 9.59 Å². The second-order valence-electron chi connectivity index (χ2n) is 9.16. The molecule has 1 saturated heterocycles. The van der Waals surface area contributed by atoms with Crippen LogP contribution in [0, 0.1) is 5.92 Å². The van der Waals surface area contributed by atoms with Gasteiger partial charge in [-0.15, -0.1) is 0 Å². The Labute approximate surface area is 174 Å². The van der Waals surface area contributed by atoms with E-state index in [1.165, 1.54) is 12.8 Å². The number of benzene rings is 2. The highest BCUT2D eigenvalue weighted by atomic mass is 28.4. The van der Waals surface area contributed by atoms with E-state index in [1.54, 1.807) is 0 Å². The van der Waals surface area contributed by atoms with Gasteiger partial charge in [0.1, 0.15) is 12.6 Å². The van der Waals surface area contributed by atoms with E-state index in [4.69, 9.17) is 4.74 Å². The number of carbonyl (C=O) groups is 1. The van der Waals surface area contributed by atoms with E-state index in [2.05, 4.69) is 19.2 Å². The first-order valence-corrected chi connectivity index (χ1v) is 12.6. The maximum atomic E-state index is 12.4. The van der Waals surface area contributed by atoms with E-state index in [1.807, 2.05) is 60.7 Å². The zero-order valence-electron chi connectivity index (χ0n) is 17.3. The Morgan fingerprint density at radius 1 is 1.03 bits per heavy atom. The van der Waals surface area contributed by atoms with Gasteiger partial charge in [0.25, 0.3) is 8.32 Å². The second-order valence-corrected chi connectivity index (χ2v) is 13.1. The summed E-state index contributed by atoms with van der Waals surface area (Å²) in [5.41, 5.74) is 0. The van der Waals surface area contributed by atoms with Crippen LogP contribution in [0.2, 0.25) is 5.04 Å². The van der Waals surface area contributed by atoms with Crippen LogP contribution >= 0.6 is 0 Å². The zero-order chi connectivity index (χ0) is 20.5. The predicted octanol–water partition coefficient (Wildman–Crippen LogP) is 2.59. The minimum absolute atomic E-state index is 0.151. The Morgan fingerprint density at radius 2 is 1.59 bits per heavy atom. The average molecular weight is 410 g/mol. The van der Waals surface area contributed by atoms with Crippen molar-refractivity contribution in [2.24, 2.45) is 5.92 Å². The fraction of sp³-hybridized carbons (Fsp3) is 0.458. The number of esters is 1. The summed E-state index contributed by atoms with van der Waals surface area (Å²) < 4.78 is 5.47. The van der Waals surface area contributed by atoms with Crippen LogP contribution in [0.25, 0.3) is 0 Å². The summed E-state index contributed by atoms with van der Waals surface area (Å²) in [5.74, 6) is 0.501. The number of morpholine rings is 1. The van der Waals surface area contributed by atoms with Crippen molar-refractivity contribution in [1.82, 2.24) is 5.32 Å². The molecule has 0 spiro atoms. The molecule has 1 aliphatic heterocycles. The smallest absolute Gasteiger partial charge is 0.323 e. The minimum Gasteiger partial charge on any atom is -0.463 e. The molecule has 0 radical (unpaired) electrons. The molecule has 0 unspecified atom stereocenters. The third-order valence-electron chi connectivity index (χ3n) is 6.72. The van der Waals surface area contributed by atoms with Gasteiger partial charge in [-0.1, -0.05) is 74.5 Å². The number of ether oxygens (including phenoxy) is 1. The maximum Gasteiger partial charge on any atom is 0.323 e. The van der Waals surface area contributed by atoms with Gasteiger partial charge in [-0.25, -0.2) is 0 Å². The molecule has 2 N–H and O–H groups in total. The molecular weight excluding hydrogens is 378 g/mol. The lowest BCUT2D eigenvalue weighted by atomic mass is 10.00. The molecule has 0 amide bonds. The Balaban J connectivity index is 1.57. The first kappa shape index (κ1) is 20.3. The number of hydrogen-bond donors (Lipinski definition) is 2. The van der Waals surface area contributed by atoms with Crippen LogP contribution in [0.3, 0.4) is 0 Å². The van der Waals surface area contributed by atoms with Crippen LogP contribution < -0.4 is 15.7 Å². The molecule has 29 heavy (non-hydrogen) atoms. The van der Waals surface area contributed by atoms with Gasteiger partial charge >= 0.3 is 5.97 Å². The molecule has 0 aromatic heterocycles. The molecular formula is C24H31NO3Si. The second kappa shape index (κ2) is 8.05. The van der Waals surface area contributed by atoms with Crippen LogP contribution in [0.1, 0.15) is 39.5 Å². The molecule has 5 heteroatoms. The van der Waals surface area contributed by atoms with Gasteiger partial charge in [-0.05, 0) is 47.0 Å². The van der Waals surface area contributed by atoms with Gasteiger partial charge in [-0.2, -0.15) is 0 Å². The van der Waals surface area contributed by atoms with Crippen LogP contribution in [-0.4, -0.2) is 37.8 Å². The first-order chi connectivity index (χ1) is 13.9. The van der Waals surface area contributed by atoms with Crippen molar-refractivity contribution < 1.29 is 14.3 Å². The van der Waals surface area contributed by atoms with Gasteiger partial charge < -0.3 is 9.53 Å². The third kappa shape index (κ3) is 4.04. The number of carbonyl (C=O) groups excluding carboxylic acids is 1. The molecule has 4 rings (SSSR count). The quantitative estimate of drug-likeness (QED) is 0.545. The lowest BCUT2D eigenvalue weighted by Gasteiger charge is -2.42. The van der Waals surface area contributed by atoms with Crippen molar-refractivity contribution >= 4 is 24.7 Å². The van der Waals surface area contributed by atoms with E-state index >= 15 is 0 Å². The molecule has 1 aliphatic carbocycles. The molecule has 1 saturated carbocycles. The van der Waals surface area contributed by atoms with E-state index in [-0.39, 0.29) is 17.0 Å². The Hall–Kier alpha value is -1.95. The SMILES string of the molecule is CC(C)(CC[C@@H]1N[C@H](C2CC2)COC1=O)[Si](O)(c1ccccc1)c1ccccc1. The highest BCUT2D eigenvalue weighted by molar-refractivity contribution is 6.98. The monoisotopic (exact) mass is 409 g/mol. The normalized spacial score (nSPS) is 22.9. The van der Waals surface area contributed by atoms with Gasteiger partial charge in [-0.3, -0.25) is 10.1 Å². The number of nitrogens with one attached hydrogen (secondary N) is 1. The van der Waals surface area contributed by atoms with Crippen molar-refractivity contribution in [2.75, 3.05) is 6.61 Å². The fourth-order valence-corrected chi connectivity index (χ4v) is 8.36. The van der Waals surface area contributed by atoms with Gasteiger partial charge in [0.05, 0.1) is 0 Å². The number of cyclic esters (lactones) is 1. The Morgan fingerprint density at radius 3 is 2.10 bits per heavy atom. The molecule has 154 valence electrons. The lowest BCUT2D eigenvalue weighted by molar-refractivity contribution is -0.152. The fourth-order valence-electron chi connectivity index (χ4n) is 4.61. The summed E-state index contributed by atoms with van der Waals surface area (Å²) in [7, 11) is -3.04. The van der Waals surface area contributed by atoms with Crippen molar-refractivity contribution in [3.8, 4) is 0 Å². The lowest BCUT2D eigenvalue weighted by Crippen LogP contribution is -2.65. The first-order valence-electron chi connectivity index (χ1n) is 10.7. The topological polar surface area (TPSA) is 58.6 Å². The number of hydrogen-bond acceptors (Lipinski definition) is 4. The van der Waals surface area contributed by atoms with E-state index in [0.29, 0.717) is 25.0 Å². The Kier molecular flexibility index (Phi) is 5.64.